The molecule has 1 N–H and O–H groups in total. The Morgan fingerprint density at radius 3 is 2.40 bits per heavy atom. The van der Waals surface area contributed by atoms with Gasteiger partial charge in [0.25, 0.3) is 0 Å². The zero-order valence-electron chi connectivity index (χ0n) is 12.1. The van der Waals surface area contributed by atoms with E-state index in [1.54, 1.807) is 7.11 Å². The van der Waals surface area contributed by atoms with Crippen LogP contribution in [0, 0.1) is 10.5 Å². The maximum Gasteiger partial charge on any atom is 0.119 e. The van der Waals surface area contributed by atoms with E-state index >= 15 is 0 Å². The minimum absolute atomic E-state index is 0.225. The Hall–Kier alpha value is -1.07. The lowest BCUT2D eigenvalue weighted by molar-refractivity contribution is 0.414. The highest BCUT2D eigenvalue weighted by molar-refractivity contribution is 14.1. The summed E-state index contributed by atoms with van der Waals surface area (Å²) in [6.45, 7) is 5.20. The summed E-state index contributed by atoms with van der Waals surface area (Å²) >= 11 is 2.34. The van der Waals surface area contributed by atoms with E-state index in [1.807, 2.05) is 6.07 Å². The third-order valence-corrected chi connectivity index (χ3v) is 4.12. The van der Waals surface area contributed by atoms with E-state index < -0.39 is 0 Å². The van der Waals surface area contributed by atoms with Crippen molar-refractivity contribution in [2.75, 3.05) is 13.7 Å². The molecule has 1 atom stereocenters. The van der Waals surface area contributed by atoms with Gasteiger partial charge in [0, 0.05) is 3.57 Å². The highest BCUT2D eigenvalue weighted by Gasteiger charge is 2.15. The molecule has 0 spiro atoms. The highest BCUT2D eigenvalue weighted by Crippen LogP contribution is 2.28. The molecule has 106 valence electrons. The summed E-state index contributed by atoms with van der Waals surface area (Å²) in [6, 6.07) is 15.2. The van der Waals surface area contributed by atoms with Gasteiger partial charge in [-0.1, -0.05) is 25.1 Å². The van der Waals surface area contributed by atoms with Crippen molar-refractivity contribution in [2.45, 2.75) is 19.9 Å². The first-order valence-corrected chi connectivity index (χ1v) is 7.87. The van der Waals surface area contributed by atoms with Crippen LogP contribution in [0.25, 0.3) is 0 Å². The molecular formula is C17H20INO. The maximum atomic E-state index is 5.29. The second-order valence-corrected chi connectivity index (χ2v) is 6.01. The molecule has 2 aromatic rings. The summed E-state index contributed by atoms with van der Waals surface area (Å²) in [6.07, 6.45) is 0. The summed E-state index contributed by atoms with van der Waals surface area (Å²) in [4.78, 5) is 0. The van der Waals surface area contributed by atoms with E-state index in [1.165, 1.54) is 20.3 Å². The Morgan fingerprint density at radius 2 is 1.85 bits per heavy atom. The van der Waals surface area contributed by atoms with Gasteiger partial charge in [-0.2, -0.15) is 0 Å². The van der Waals surface area contributed by atoms with Crippen molar-refractivity contribution in [3.63, 3.8) is 0 Å². The molecule has 1 unspecified atom stereocenters. The fraction of sp³-hybridized carbons (Fsp3) is 0.294. The van der Waals surface area contributed by atoms with E-state index in [2.05, 4.69) is 78.2 Å². The van der Waals surface area contributed by atoms with Gasteiger partial charge >= 0.3 is 0 Å². The number of methoxy groups -OCH3 is 1. The lowest BCUT2D eigenvalue weighted by Gasteiger charge is -2.21. The van der Waals surface area contributed by atoms with Crippen LogP contribution >= 0.6 is 22.6 Å². The molecule has 0 aliphatic rings. The summed E-state index contributed by atoms with van der Waals surface area (Å²) in [5, 5.41) is 3.57. The second-order valence-electron chi connectivity index (χ2n) is 4.76. The second kappa shape index (κ2) is 7.09. The van der Waals surface area contributed by atoms with Crippen LogP contribution in [0.15, 0.2) is 42.5 Å². The largest absolute Gasteiger partial charge is 0.497 e. The number of rotatable bonds is 5. The van der Waals surface area contributed by atoms with E-state index in [0.29, 0.717) is 0 Å². The number of ether oxygens (including phenoxy) is 1. The molecule has 0 aliphatic heterocycles. The number of hydrogen-bond acceptors (Lipinski definition) is 2. The number of hydrogen-bond donors (Lipinski definition) is 1. The van der Waals surface area contributed by atoms with Crippen LogP contribution in [0.5, 0.6) is 5.75 Å². The van der Waals surface area contributed by atoms with Gasteiger partial charge in [-0.05, 0) is 77.0 Å². The predicted molar refractivity (Wildman–Crippen MR) is 92.4 cm³/mol. The molecule has 0 radical (unpaired) electrons. The number of aryl methyl sites for hydroxylation is 1. The summed E-state index contributed by atoms with van der Waals surface area (Å²) in [7, 11) is 1.70. The molecule has 20 heavy (non-hydrogen) atoms. The monoisotopic (exact) mass is 381 g/mol. The smallest absolute Gasteiger partial charge is 0.119 e. The van der Waals surface area contributed by atoms with Crippen LogP contribution in [0.1, 0.15) is 29.7 Å². The van der Waals surface area contributed by atoms with E-state index in [9.17, 15) is 0 Å². The Kier molecular flexibility index (Phi) is 5.43. The van der Waals surface area contributed by atoms with E-state index in [4.69, 9.17) is 4.74 Å². The van der Waals surface area contributed by atoms with Gasteiger partial charge in [-0.25, -0.2) is 0 Å². The molecule has 0 bridgehead atoms. The molecule has 3 heteroatoms. The average Bonchev–Trinajstić information content (AvgIpc) is 2.46. The molecule has 2 nitrogen and oxygen atoms in total. The number of benzene rings is 2. The Balaban J connectivity index is 2.40. The fourth-order valence-electron chi connectivity index (χ4n) is 2.37. The van der Waals surface area contributed by atoms with Crippen LogP contribution in [0.2, 0.25) is 0 Å². The molecule has 0 amide bonds. The highest BCUT2D eigenvalue weighted by atomic mass is 127. The van der Waals surface area contributed by atoms with Gasteiger partial charge in [0.2, 0.25) is 0 Å². The third kappa shape index (κ3) is 3.52. The first kappa shape index (κ1) is 15.3. The Morgan fingerprint density at radius 1 is 1.15 bits per heavy atom. The molecule has 0 saturated carbocycles. The van der Waals surface area contributed by atoms with Gasteiger partial charge in [-0.15, -0.1) is 0 Å². The van der Waals surface area contributed by atoms with Crippen LogP contribution in [0.3, 0.4) is 0 Å². The number of halogens is 1. The van der Waals surface area contributed by atoms with Gasteiger partial charge in [0.15, 0.2) is 0 Å². The maximum absolute atomic E-state index is 5.29. The fourth-order valence-corrected chi connectivity index (χ4v) is 2.73. The molecule has 0 saturated heterocycles. The topological polar surface area (TPSA) is 21.3 Å². The minimum Gasteiger partial charge on any atom is -0.497 e. The van der Waals surface area contributed by atoms with Crippen molar-refractivity contribution in [3.8, 4) is 5.75 Å². The molecule has 0 aliphatic carbocycles. The first-order valence-electron chi connectivity index (χ1n) is 6.79. The van der Waals surface area contributed by atoms with Crippen molar-refractivity contribution >= 4 is 22.6 Å². The standard InChI is InChI=1S/C17H20INO/c1-4-19-17(13-5-7-14(18)8-6-13)16-10-9-15(20-3)11-12(16)2/h5-11,17,19H,4H2,1-3H3. The normalized spacial score (nSPS) is 12.2. The lowest BCUT2D eigenvalue weighted by atomic mass is 9.95. The van der Waals surface area contributed by atoms with Gasteiger partial charge in [-0.3, -0.25) is 0 Å². The first-order chi connectivity index (χ1) is 9.65. The molecular weight excluding hydrogens is 361 g/mol. The number of nitrogens with one attached hydrogen (secondary N) is 1. The van der Waals surface area contributed by atoms with E-state index in [-0.39, 0.29) is 6.04 Å². The zero-order chi connectivity index (χ0) is 14.5. The molecule has 0 heterocycles. The summed E-state index contributed by atoms with van der Waals surface area (Å²) in [5.41, 5.74) is 3.84. The zero-order valence-corrected chi connectivity index (χ0v) is 14.3. The average molecular weight is 381 g/mol. The van der Waals surface area contributed by atoms with Crippen LogP contribution < -0.4 is 10.1 Å². The Labute approximate surface area is 134 Å². The quantitative estimate of drug-likeness (QED) is 0.780. The predicted octanol–water partition coefficient (Wildman–Crippen LogP) is 4.31. The van der Waals surface area contributed by atoms with Crippen molar-refractivity contribution in [3.05, 3.63) is 62.7 Å². The molecule has 2 rings (SSSR count). The van der Waals surface area contributed by atoms with Crippen molar-refractivity contribution in [2.24, 2.45) is 0 Å². The van der Waals surface area contributed by atoms with Crippen LogP contribution in [0.4, 0.5) is 0 Å². The van der Waals surface area contributed by atoms with E-state index in [0.717, 1.165) is 12.3 Å². The summed E-state index contributed by atoms with van der Waals surface area (Å²) < 4.78 is 6.55. The Bertz CT molecular complexity index is 566. The van der Waals surface area contributed by atoms with Crippen LogP contribution in [-0.4, -0.2) is 13.7 Å². The van der Waals surface area contributed by atoms with Crippen molar-refractivity contribution < 1.29 is 4.74 Å². The van der Waals surface area contributed by atoms with Crippen molar-refractivity contribution in [1.29, 1.82) is 0 Å². The summed E-state index contributed by atoms with van der Waals surface area (Å²) in [5.74, 6) is 0.907. The SMILES string of the molecule is CCNC(c1ccc(I)cc1)c1ccc(OC)cc1C. The molecule has 0 fully saturated rings. The van der Waals surface area contributed by atoms with Gasteiger partial charge in [0.05, 0.1) is 13.2 Å². The van der Waals surface area contributed by atoms with Crippen LogP contribution in [-0.2, 0) is 0 Å². The van der Waals surface area contributed by atoms with Gasteiger partial charge in [0.1, 0.15) is 5.75 Å². The molecule has 0 aromatic heterocycles. The third-order valence-electron chi connectivity index (χ3n) is 3.40. The lowest BCUT2D eigenvalue weighted by Crippen LogP contribution is -2.22. The van der Waals surface area contributed by atoms with Gasteiger partial charge < -0.3 is 10.1 Å². The minimum atomic E-state index is 0.225. The molecule has 2 aromatic carbocycles. The van der Waals surface area contributed by atoms with Crippen molar-refractivity contribution in [1.82, 2.24) is 5.32 Å².